The normalized spacial score (nSPS) is 10.7. The van der Waals surface area contributed by atoms with Crippen molar-refractivity contribution in [2.45, 2.75) is 13.8 Å². The molecule has 0 radical (unpaired) electrons. The van der Waals surface area contributed by atoms with Crippen LogP contribution in [0.4, 0.5) is 0 Å². The zero-order valence-corrected chi connectivity index (χ0v) is 11.9. The molecule has 4 heteroatoms. The largest absolute Gasteiger partial charge is 0.467 e. The van der Waals surface area contributed by atoms with Gasteiger partial charge in [0, 0.05) is 24.0 Å². The van der Waals surface area contributed by atoms with Crippen molar-refractivity contribution in [2.75, 3.05) is 26.8 Å². The molecule has 0 aromatic heterocycles. The lowest BCUT2D eigenvalue weighted by molar-refractivity contribution is 0.0214. The summed E-state index contributed by atoms with van der Waals surface area (Å²) < 4.78 is 21.7. The molecule has 2 aromatic rings. The van der Waals surface area contributed by atoms with Crippen LogP contribution in [0.3, 0.4) is 0 Å². The average molecular weight is 276 g/mol. The van der Waals surface area contributed by atoms with E-state index < -0.39 is 0 Å². The van der Waals surface area contributed by atoms with E-state index in [1.807, 2.05) is 50.2 Å². The van der Waals surface area contributed by atoms with Crippen LogP contribution >= 0.6 is 0 Å². The Labute approximate surface area is 119 Å². The van der Waals surface area contributed by atoms with E-state index in [2.05, 4.69) is 0 Å². The molecule has 20 heavy (non-hydrogen) atoms. The molecule has 0 aliphatic carbocycles. The summed E-state index contributed by atoms with van der Waals surface area (Å²) in [5, 5.41) is 2.00. The van der Waals surface area contributed by atoms with Crippen LogP contribution in [0.1, 0.15) is 13.8 Å². The van der Waals surface area contributed by atoms with Crippen molar-refractivity contribution in [3.8, 4) is 11.5 Å². The minimum absolute atomic E-state index is 0.250. The molecule has 0 aliphatic heterocycles. The van der Waals surface area contributed by atoms with Gasteiger partial charge in [-0.05, 0) is 26.0 Å². The Kier molecular flexibility index (Phi) is 5.65. The lowest BCUT2D eigenvalue weighted by Gasteiger charge is -2.13. The van der Waals surface area contributed by atoms with Crippen LogP contribution in [0.5, 0.6) is 11.5 Å². The van der Waals surface area contributed by atoms with Gasteiger partial charge in [-0.15, -0.1) is 0 Å². The second-order valence-electron chi connectivity index (χ2n) is 4.12. The summed E-state index contributed by atoms with van der Waals surface area (Å²) in [6.07, 6.45) is 0. The number of hydrogen-bond acceptors (Lipinski definition) is 4. The summed E-state index contributed by atoms with van der Waals surface area (Å²) in [7, 11) is 0. The standard InChI is InChI=1S/C16H20O4/c1-3-17-11-19-15-9-10-16(20-12-18-4-2)14-8-6-5-7-13(14)15/h5-10H,3-4,11-12H2,1-2H3. The van der Waals surface area contributed by atoms with Gasteiger partial charge in [-0.25, -0.2) is 0 Å². The zero-order valence-electron chi connectivity index (χ0n) is 11.9. The van der Waals surface area contributed by atoms with Gasteiger partial charge in [0.05, 0.1) is 0 Å². The molecule has 108 valence electrons. The molecule has 0 atom stereocenters. The SMILES string of the molecule is CCOCOc1ccc(OCOCC)c2ccccc12. The molecule has 0 unspecified atom stereocenters. The Balaban J connectivity index is 2.22. The third-order valence-electron chi connectivity index (χ3n) is 2.85. The van der Waals surface area contributed by atoms with E-state index in [0.717, 1.165) is 22.3 Å². The highest BCUT2D eigenvalue weighted by molar-refractivity contribution is 5.93. The van der Waals surface area contributed by atoms with Crippen LogP contribution in [0.25, 0.3) is 10.8 Å². The number of hydrogen-bond donors (Lipinski definition) is 0. The Hall–Kier alpha value is -1.78. The number of fused-ring (bicyclic) bond motifs is 1. The van der Waals surface area contributed by atoms with Crippen molar-refractivity contribution in [3.05, 3.63) is 36.4 Å². The molecule has 2 aromatic carbocycles. The van der Waals surface area contributed by atoms with E-state index in [-0.39, 0.29) is 13.6 Å². The summed E-state index contributed by atoms with van der Waals surface area (Å²) in [5.41, 5.74) is 0. The molecule has 0 N–H and O–H groups in total. The van der Waals surface area contributed by atoms with E-state index in [4.69, 9.17) is 18.9 Å². The number of ether oxygens (including phenoxy) is 4. The van der Waals surface area contributed by atoms with Crippen LogP contribution in [0.2, 0.25) is 0 Å². The first-order valence-corrected chi connectivity index (χ1v) is 6.79. The van der Waals surface area contributed by atoms with Gasteiger partial charge in [-0.1, -0.05) is 24.3 Å². The number of benzene rings is 2. The molecule has 0 bridgehead atoms. The van der Waals surface area contributed by atoms with Crippen molar-refractivity contribution < 1.29 is 18.9 Å². The van der Waals surface area contributed by atoms with Crippen molar-refractivity contribution in [3.63, 3.8) is 0 Å². The second-order valence-corrected chi connectivity index (χ2v) is 4.12. The Bertz CT molecular complexity index is 490. The monoisotopic (exact) mass is 276 g/mol. The quantitative estimate of drug-likeness (QED) is 0.545. The Morgan fingerprint density at radius 2 is 1.15 bits per heavy atom. The summed E-state index contributed by atoms with van der Waals surface area (Å²) in [6.45, 7) is 5.64. The Morgan fingerprint density at radius 3 is 1.55 bits per heavy atom. The van der Waals surface area contributed by atoms with Gasteiger partial charge in [-0.3, -0.25) is 0 Å². The highest BCUT2D eigenvalue weighted by Gasteiger charge is 2.07. The molecule has 0 saturated carbocycles. The molecule has 0 fully saturated rings. The minimum Gasteiger partial charge on any atom is -0.467 e. The second kappa shape index (κ2) is 7.72. The molecule has 0 saturated heterocycles. The molecule has 4 nitrogen and oxygen atoms in total. The fourth-order valence-corrected chi connectivity index (χ4v) is 1.87. The van der Waals surface area contributed by atoms with Gasteiger partial charge >= 0.3 is 0 Å². The molecule has 0 amide bonds. The lowest BCUT2D eigenvalue weighted by atomic mass is 10.1. The Morgan fingerprint density at radius 1 is 0.700 bits per heavy atom. The first-order valence-electron chi connectivity index (χ1n) is 6.79. The molecular formula is C16H20O4. The predicted molar refractivity (Wildman–Crippen MR) is 78.2 cm³/mol. The van der Waals surface area contributed by atoms with Gasteiger partial charge in [0.1, 0.15) is 11.5 Å². The molecule has 0 spiro atoms. The van der Waals surface area contributed by atoms with Crippen LogP contribution in [0, 0.1) is 0 Å². The van der Waals surface area contributed by atoms with Crippen molar-refractivity contribution in [1.82, 2.24) is 0 Å². The van der Waals surface area contributed by atoms with E-state index in [1.54, 1.807) is 0 Å². The maximum Gasteiger partial charge on any atom is 0.189 e. The van der Waals surface area contributed by atoms with E-state index >= 15 is 0 Å². The van der Waals surface area contributed by atoms with Crippen molar-refractivity contribution in [2.24, 2.45) is 0 Å². The molecule has 0 aliphatic rings. The number of rotatable bonds is 8. The summed E-state index contributed by atoms with van der Waals surface area (Å²) >= 11 is 0. The average Bonchev–Trinajstić information content (AvgIpc) is 2.49. The fourth-order valence-electron chi connectivity index (χ4n) is 1.87. The fraction of sp³-hybridized carbons (Fsp3) is 0.375. The van der Waals surface area contributed by atoms with Gasteiger partial charge in [0.15, 0.2) is 13.6 Å². The first-order chi connectivity index (χ1) is 9.86. The maximum absolute atomic E-state index is 5.63. The minimum atomic E-state index is 0.250. The van der Waals surface area contributed by atoms with Gasteiger partial charge < -0.3 is 18.9 Å². The molecular weight excluding hydrogens is 256 g/mol. The highest BCUT2D eigenvalue weighted by atomic mass is 16.7. The molecule has 2 rings (SSSR count). The lowest BCUT2D eigenvalue weighted by Crippen LogP contribution is -2.04. The van der Waals surface area contributed by atoms with Gasteiger partial charge in [0.25, 0.3) is 0 Å². The first kappa shape index (κ1) is 14.6. The van der Waals surface area contributed by atoms with Crippen LogP contribution in [-0.4, -0.2) is 26.8 Å². The van der Waals surface area contributed by atoms with E-state index in [1.165, 1.54) is 0 Å². The van der Waals surface area contributed by atoms with Crippen molar-refractivity contribution >= 4 is 10.8 Å². The van der Waals surface area contributed by atoms with E-state index in [0.29, 0.717) is 13.2 Å². The van der Waals surface area contributed by atoms with Crippen LogP contribution in [0.15, 0.2) is 36.4 Å². The summed E-state index contributed by atoms with van der Waals surface area (Å²) in [5.74, 6) is 1.58. The maximum atomic E-state index is 5.63. The van der Waals surface area contributed by atoms with Crippen molar-refractivity contribution in [1.29, 1.82) is 0 Å². The van der Waals surface area contributed by atoms with Gasteiger partial charge in [-0.2, -0.15) is 0 Å². The third-order valence-corrected chi connectivity index (χ3v) is 2.85. The zero-order chi connectivity index (χ0) is 14.2. The van der Waals surface area contributed by atoms with Crippen LogP contribution in [-0.2, 0) is 9.47 Å². The molecule has 0 heterocycles. The van der Waals surface area contributed by atoms with Gasteiger partial charge in [0.2, 0.25) is 0 Å². The topological polar surface area (TPSA) is 36.9 Å². The van der Waals surface area contributed by atoms with Crippen LogP contribution < -0.4 is 9.47 Å². The summed E-state index contributed by atoms with van der Waals surface area (Å²) in [6, 6.07) is 11.7. The van der Waals surface area contributed by atoms with E-state index in [9.17, 15) is 0 Å². The highest BCUT2D eigenvalue weighted by Crippen LogP contribution is 2.33. The predicted octanol–water partition coefficient (Wildman–Crippen LogP) is 3.59. The third kappa shape index (κ3) is 3.62. The summed E-state index contributed by atoms with van der Waals surface area (Å²) in [4.78, 5) is 0. The smallest absolute Gasteiger partial charge is 0.189 e.